The number of halogens is 1. The highest BCUT2D eigenvalue weighted by Crippen LogP contribution is 2.36. The summed E-state index contributed by atoms with van der Waals surface area (Å²) in [5, 5.41) is 7.26. The molecule has 1 heterocycles. The van der Waals surface area contributed by atoms with Gasteiger partial charge in [-0.2, -0.15) is 0 Å². The minimum absolute atomic E-state index is 0.0819. The topological polar surface area (TPSA) is 58.4 Å². The van der Waals surface area contributed by atoms with Crippen LogP contribution in [0.25, 0.3) is 0 Å². The maximum atomic E-state index is 12.3. The molecule has 1 atom stereocenters. The Kier molecular flexibility index (Phi) is 4.68. The van der Waals surface area contributed by atoms with Crippen LogP contribution in [0.2, 0.25) is 5.02 Å². The van der Waals surface area contributed by atoms with E-state index in [0.717, 1.165) is 29.1 Å². The van der Waals surface area contributed by atoms with Gasteiger partial charge in [-0.3, -0.25) is 15.0 Å². The highest BCUT2D eigenvalue weighted by atomic mass is 35.5. The molecule has 0 spiro atoms. The Bertz CT molecular complexity index is 697. The largest absolute Gasteiger partial charge is 0.338 e. The van der Waals surface area contributed by atoms with Crippen LogP contribution in [0, 0.1) is 6.92 Å². The van der Waals surface area contributed by atoms with E-state index in [0.29, 0.717) is 18.5 Å². The fraction of sp³-hybridized carbons (Fsp3) is 0.412. The van der Waals surface area contributed by atoms with Crippen LogP contribution in [0.1, 0.15) is 37.1 Å². The average Bonchev–Trinajstić information content (AvgIpc) is 3.28. The molecule has 0 radical (unpaired) electrons. The number of amides is 1. The van der Waals surface area contributed by atoms with Gasteiger partial charge in [-0.05, 0) is 38.3 Å². The second-order valence-corrected chi connectivity index (χ2v) is 6.39. The molecule has 2 aromatic rings. The molecule has 1 unspecified atom stereocenters. The third-order valence-electron chi connectivity index (χ3n) is 4.09. The summed E-state index contributed by atoms with van der Waals surface area (Å²) in [7, 11) is 0. The Morgan fingerprint density at radius 2 is 2.22 bits per heavy atom. The zero-order chi connectivity index (χ0) is 16.4. The summed E-state index contributed by atoms with van der Waals surface area (Å²) in [6, 6.07) is 10.0. The number of rotatable bonds is 6. The Labute approximate surface area is 140 Å². The van der Waals surface area contributed by atoms with Gasteiger partial charge >= 0.3 is 0 Å². The van der Waals surface area contributed by atoms with Crippen molar-refractivity contribution in [2.75, 3.05) is 11.9 Å². The van der Waals surface area contributed by atoms with E-state index >= 15 is 0 Å². The molecule has 23 heavy (non-hydrogen) atoms. The van der Waals surface area contributed by atoms with Crippen LogP contribution in [0.3, 0.4) is 0 Å². The number of hydrogen-bond acceptors (Lipinski definition) is 4. The first-order valence-electron chi connectivity index (χ1n) is 7.78. The summed E-state index contributed by atoms with van der Waals surface area (Å²) in [5.74, 6) is 0.278. The minimum Gasteiger partial charge on any atom is -0.338 e. The van der Waals surface area contributed by atoms with Crippen LogP contribution >= 0.6 is 11.6 Å². The number of carbonyl (C=O) groups is 1. The molecular formula is C17H20ClN3O2. The third kappa shape index (κ3) is 3.92. The first-order chi connectivity index (χ1) is 11.0. The maximum absolute atomic E-state index is 12.3. The third-order valence-corrected chi connectivity index (χ3v) is 4.43. The Morgan fingerprint density at radius 1 is 1.48 bits per heavy atom. The van der Waals surface area contributed by atoms with Gasteiger partial charge in [-0.1, -0.05) is 35.0 Å². The standard InChI is InChI=1S/C17H20ClN3O2/c1-11-9-17(23-20-11)19-16(22)10-21(13-7-8-13)12(2)14-5-3-4-6-15(14)18/h3-6,9,12-13H,7-8,10H2,1-2H3,(H,19,22). The molecule has 122 valence electrons. The van der Waals surface area contributed by atoms with E-state index in [2.05, 4.69) is 22.3 Å². The normalized spacial score (nSPS) is 15.7. The smallest absolute Gasteiger partial charge is 0.240 e. The molecule has 0 aliphatic heterocycles. The van der Waals surface area contributed by atoms with Crippen molar-refractivity contribution in [1.29, 1.82) is 0 Å². The van der Waals surface area contributed by atoms with Crippen molar-refractivity contribution in [2.45, 2.75) is 38.8 Å². The molecule has 6 heteroatoms. The van der Waals surface area contributed by atoms with E-state index in [4.69, 9.17) is 16.1 Å². The van der Waals surface area contributed by atoms with Gasteiger partial charge in [0.1, 0.15) is 0 Å². The van der Waals surface area contributed by atoms with E-state index < -0.39 is 0 Å². The average molecular weight is 334 g/mol. The first kappa shape index (κ1) is 16.0. The van der Waals surface area contributed by atoms with Crippen LogP contribution in [0.15, 0.2) is 34.9 Å². The van der Waals surface area contributed by atoms with Crippen LogP contribution in [-0.4, -0.2) is 28.6 Å². The van der Waals surface area contributed by atoms with Crippen molar-refractivity contribution in [3.63, 3.8) is 0 Å². The molecule has 1 fully saturated rings. The Balaban J connectivity index is 1.69. The summed E-state index contributed by atoms with van der Waals surface area (Å²) in [4.78, 5) is 14.5. The van der Waals surface area contributed by atoms with Gasteiger partial charge in [0.2, 0.25) is 11.8 Å². The van der Waals surface area contributed by atoms with Gasteiger partial charge in [0.25, 0.3) is 0 Å². The number of aryl methyl sites for hydroxylation is 1. The summed E-state index contributed by atoms with van der Waals surface area (Å²) >= 11 is 6.31. The maximum Gasteiger partial charge on any atom is 0.240 e. The van der Waals surface area contributed by atoms with Crippen LogP contribution < -0.4 is 5.32 Å². The number of anilines is 1. The summed E-state index contributed by atoms with van der Waals surface area (Å²) < 4.78 is 5.04. The van der Waals surface area contributed by atoms with Crippen molar-refractivity contribution < 1.29 is 9.32 Å². The van der Waals surface area contributed by atoms with Gasteiger partial charge in [0.15, 0.2) is 0 Å². The zero-order valence-corrected chi connectivity index (χ0v) is 14.0. The first-order valence-corrected chi connectivity index (χ1v) is 8.15. The van der Waals surface area contributed by atoms with E-state index in [1.54, 1.807) is 6.07 Å². The highest BCUT2D eigenvalue weighted by Gasteiger charge is 2.34. The molecule has 0 bridgehead atoms. The molecule has 1 aromatic heterocycles. The second-order valence-electron chi connectivity index (χ2n) is 5.98. The SMILES string of the molecule is Cc1cc(NC(=O)CN(C2CC2)C(C)c2ccccc2Cl)on1. The molecule has 1 N–H and O–H groups in total. The molecule has 5 nitrogen and oxygen atoms in total. The lowest BCUT2D eigenvalue weighted by molar-refractivity contribution is -0.118. The van der Waals surface area contributed by atoms with E-state index in [1.165, 1.54) is 0 Å². The Hall–Kier alpha value is -1.85. The number of hydrogen-bond donors (Lipinski definition) is 1. The minimum atomic E-state index is -0.105. The lowest BCUT2D eigenvalue weighted by atomic mass is 10.1. The van der Waals surface area contributed by atoms with E-state index in [-0.39, 0.29) is 11.9 Å². The Morgan fingerprint density at radius 3 is 2.83 bits per heavy atom. The monoisotopic (exact) mass is 333 g/mol. The predicted molar refractivity (Wildman–Crippen MR) is 89.5 cm³/mol. The zero-order valence-electron chi connectivity index (χ0n) is 13.3. The molecule has 1 aromatic carbocycles. The number of aromatic nitrogens is 1. The highest BCUT2D eigenvalue weighted by molar-refractivity contribution is 6.31. The number of benzene rings is 1. The van der Waals surface area contributed by atoms with Crippen molar-refractivity contribution in [2.24, 2.45) is 0 Å². The number of nitrogens with zero attached hydrogens (tertiary/aromatic N) is 2. The lowest BCUT2D eigenvalue weighted by Crippen LogP contribution is -2.37. The lowest BCUT2D eigenvalue weighted by Gasteiger charge is -2.29. The van der Waals surface area contributed by atoms with Crippen molar-refractivity contribution >= 4 is 23.4 Å². The quantitative estimate of drug-likeness (QED) is 0.873. The summed E-state index contributed by atoms with van der Waals surface area (Å²) in [6.45, 7) is 4.21. The molecule has 1 aliphatic rings. The van der Waals surface area contributed by atoms with Gasteiger partial charge in [-0.15, -0.1) is 0 Å². The van der Waals surface area contributed by atoms with Crippen molar-refractivity contribution in [3.8, 4) is 0 Å². The molecular weight excluding hydrogens is 314 g/mol. The molecule has 0 saturated heterocycles. The number of nitrogens with one attached hydrogen (secondary N) is 1. The summed E-state index contributed by atoms with van der Waals surface area (Å²) in [5.41, 5.74) is 1.79. The molecule has 3 rings (SSSR count). The van der Waals surface area contributed by atoms with Crippen LogP contribution in [-0.2, 0) is 4.79 Å². The second kappa shape index (κ2) is 6.72. The molecule has 1 amide bonds. The van der Waals surface area contributed by atoms with E-state index in [9.17, 15) is 4.79 Å². The van der Waals surface area contributed by atoms with Crippen LogP contribution in [0.4, 0.5) is 5.88 Å². The molecule has 1 aliphatic carbocycles. The number of carbonyl (C=O) groups excluding carboxylic acids is 1. The van der Waals surface area contributed by atoms with Crippen molar-refractivity contribution in [1.82, 2.24) is 10.1 Å². The van der Waals surface area contributed by atoms with Gasteiger partial charge in [-0.25, -0.2) is 0 Å². The fourth-order valence-corrected chi connectivity index (χ4v) is 3.04. The van der Waals surface area contributed by atoms with Crippen LogP contribution in [0.5, 0.6) is 0 Å². The van der Waals surface area contributed by atoms with Gasteiger partial charge in [0.05, 0.1) is 12.2 Å². The van der Waals surface area contributed by atoms with Gasteiger partial charge < -0.3 is 4.52 Å². The predicted octanol–water partition coefficient (Wildman–Crippen LogP) is 3.80. The van der Waals surface area contributed by atoms with Gasteiger partial charge in [0, 0.05) is 23.2 Å². The van der Waals surface area contributed by atoms with Crippen molar-refractivity contribution in [3.05, 3.63) is 46.6 Å². The van der Waals surface area contributed by atoms with E-state index in [1.807, 2.05) is 31.2 Å². The fourth-order valence-electron chi connectivity index (χ4n) is 2.75. The summed E-state index contributed by atoms with van der Waals surface area (Å²) in [6.07, 6.45) is 2.23. The molecule has 1 saturated carbocycles.